The van der Waals surface area contributed by atoms with Gasteiger partial charge in [-0.3, -0.25) is 4.79 Å². The quantitative estimate of drug-likeness (QED) is 0.853. The summed E-state index contributed by atoms with van der Waals surface area (Å²) in [6.45, 7) is 10.6. The van der Waals surface area contributed by atoms with Gasteiger partial charge in [0.05, 0.1) is 5.25 Å². The van der Waals surface area contributed by atoms with Crippen molar-refractivity contribution < 1.29 is 4.79 Å². The van der Waals surface area contributed by atoms with E-state index < -0.39 is 0 Å². The molecule has 0 spiro atoms. The van der Waals surface area contributed by atoms with E-state index in [0.717, 1.165) is 23.1 Å². The van der Waals surface area contributed by atoms with Crippen LogP contribution in [0.15, 0.2) is 35.5 Å². The average Bonchev–Trinajstić information content (AvgIpc) is 2.89. The first kappa shape index (κ1) is 17.5. The van der Waals surface area contributed by atoms with Crippen LogP contribution in [0.2, 0.25) is 0 Å². The van der Waals surface area contributed by atoms with Gasteiger partial charge < -0.3 is 9.88 Å². The normalized spacial score (nSPS) is 12.9. The van der Waals surface area contributed by atoms with Crippen molar-refractivity contribution >= 4 is 17.7 Å². The van der Waals surface area contributed by atoms with Crippen LogP contribution in [-0.2, 0) is 11.3 Å². The van der Waals surface area contributed by atoms with Crippen LogP contribution in [0.5, 0.6) is 0 Å². The molecule has 0 radical (unpaired) electrons. The second kappa shape index (κ2) is 7.17. The molecule has 6 heteroatoms. The van der Waals surface area contributed by atoms with E-state index in [-0.39, 0.29) is 16.7 Å². The van der Waals surface area contributed by atoms with E-state index in [9.17, 15) is 4.79 Å². The van der Waals surface area contributed by atoms with Crippen LogP contribution in [0.25, 0.3) is 11.4 Å². The molecule has 0 aliphatic carbocycles. The highest BCUT2D eigenvalue weighted by atomic mass is 32.2. The van der Waals surface area contributed by atoms with Gasteiger partial charge in [-0.25, -0.2) is 0 Å². The van der Waals surface area contributed by atoms with Crippen LogP contribution in [0.1, 0.15) is 34.6 Å². The summed E-state index contributed by atoms with van der Waals surface area (Å²) in [6, 6.07) is 9.97. The highest BCUT2D eigenvalue weighted by molar-refractivity contribution is 8.00. The first-order valence-electron chi connectivity index (χ1n) is 7.79. The zero-order chi connectivity index (χ0) is 17.0. The van der Waals surface area contributed by atoms with Crippen molar-refractivity contribution in [1.29, 1.82) is 0 Å². The molecule has 1 heterocycles. The van der Waals surface area contributed by atoms with Crippen molar-refractivity contribution in [1.82, 2.24) is 20.1 Å². The maximum Gasteiger partial charge on any atom is 0.233 e. The highest BCUT2D eigenvalue weighted by Gasteiger charge is 2.23. The molecule has 23 heavy (non-hydrogen) atoms. The summed E-state index contributed by atoms with van der Waals surface area (Å²) in [5.74, 6) is 0.841. The number of carbonyl (C=O) groups excluding carboxylic acids is 1. The lowest BCUT2D eigenvalue weighted by molar-refractivity contribution is -0.121. The van der Waals surface area contributed by atoms with E-state index >= 15 is 0 Å². The van der Waals surface area contributed by atoms with Crippen molar-refractivity contribution in [3.63, 3.8) is 0 Å². The smallest absolute Gasteiger partial charge is 0.233 e. The second-order valence-corrected chi connectivity index (χ2v) is 7.72. The molecular formula is C17H24N4OS. The van der Waals surface area contributed by atoms with Crippen molar-refractivity contribution in [3.8, 4) is 11.4 Å². The fourth-order valence-corrected chi connectivity index (χ4v) is 3.06. The van der Waals surface area contributed by atoms with E-state index in [2.05, 4.69) is 22.4 Å². The van der Waals surface area contributed by atoms with Gasteiger partial charge in [-0.15, -0.1) is 10.2 Å². The average molecular weight is 332 g/mol. The maximum absolute atomic E-state index is 12.3. The van der Waals surface area contributed by atoms with E-state index in [1.165, 1.54) is 11.8 Å². The highest BCUT2D eigenvalue weighted by Crippen LogP contribution is 2.26. The molecule has 1 atom stereocenters. The number of amides is 1. The summed E-state index contributed by atoms with van der Waals surface area (Å²) in [6.07, 6.45) is 0. The Morgan fingerprint density at radius 3 is 2.48 bits per heavy atom. The largest absolute Gasteiger partial charge is 0.351 e. The minimum Gasteiger partial charge on any atom is -0.351 e. The molecule has 0 aliphatic rings. The number of thioether (sulfide) groups is 1. The van der Waals surface area contributed by atoms with Gasteiger partial charge in [-0.1, -0.05) is 42.1 Å². The number of nitrogens with one attached hydrogen (secondary N) is 1. The topological polar surface area (TPSA) is 59.8 Å². The van der Waals surface area contributed by atoms with Crippen LogP contribution < -0.4 is 5.32 Å². The third-order valence-corrected chi connectivity index (χ3v) is 4.30. The summed E-state index contributed by atoms with van der Waals surface area (Å²) in [5.41, 5.74) is 0.792. The number of aromatic nitrogens is 3. The Hall–Kier alpha value is -1.82. The van der Waals surface area contributed by atoms with Crippen molar-refractivity contribution in [2.24, 2.45) is 0 Å². The number of hydrogen-bond donors (Lipinski definition) is 1. The summed E-state index contributed by atoms with van der Waals surface area (Å²) < 4.78 is 2.04. The Kier molecular flexibility index (Phi) is 5.46. The summed E-state index contributed by atoms with van der Waals surface area (Å²) in [5, 5.41) is 12.1. The molecule has 1 aromatic carbocycles. The third kappa shape index (κ3) is 4.58. The van der Waals surface area contributed by atoms with Gasteiger partial charge in [0.1, 0.15) is 0 Å². The lowest BCUT2D eigenvalue weighted by atomic mass is 10.1. The molecule has 0 aliphatic heterocycles. The Bertz CT molecular complexity index is 661. The molecule has 0 saturated carbocycles. The lowest BCUT2D eigenvalue weighted by Gasteiger charge is -2.22. The third-order valence-electron chi connectivity index (χ3n) is 3.21. The van der Waals surface area contributed by atoms with Crippen molar-refractivity contribution in [3.05, 3.63) is 30.3 Å². The summed E-state index contributed by atoms with van der Waals surface area (Å²) in [7, 11) is 0. The van der Waals surface area contributed by atoms with Crippen LogP contribution in [-0.4, -0.2) is 31.5 Å². The van der Waals surface area contributed by atoms with Gasteiger partial charge >= 0.3 is 0 Å². The minimum absolute atomic E-state index is 0.00872. The molecule has 0 unspecified atom stereocenters. The van der Waals surface area contributed by atoms with Gasteiger partial charge in [0.2, 0.25) is 5.91 Å². The molecule has 0 saturated heterocycles. The monoisotopic (exact) mass is 332 g/mol. The van der Waals surface area contributed by atoms with Gasteiger partial charge in [-0.05, 0) is 34.6 Å². The Balaban J connectivity index is 2.18. The number of hydrogen-bond acceptors (Lipinski definition) is 4. The van der Waals surface area contributed by atoms with Crippen LogP contribution in [0.3, 0.4) is 0 Å². The molecule has 2 rings (SSSR count). The Labute approximate surface area is 141 Å². The van der Waals surface area contributed by atoms with Gasteiger partial charge in [0, 0.05) is 17.6 Å². The zero-order valence-corrected chi connectivity index (χ0v) is 15.1. The van der Waals surface area contributed by atoms with Crippen molar-refractivity contribution in [2.45, 2.75) is 57.1 Å². The molecule has 2 aromatic rings. The second-order valence-electron chi connectivity index (χ2n) is 6.42. The van der Waals surface area contributed by atoms with E-state index in [1.807, 2.05) is 62.6 Å². The number of nitrogens with zero attached hydrogens (tertiary/aromatic N) is 3. The zero-order valence-electron chi connectivity index (χ0n) is 14.3. The van der Waals surface area contributed by atoms with Gasteiger partial charge in [-0.2, -0.15) is 0 Å². The molecule has 1 N–H and O–H groups in total. The minimum atomic E-state index is -0.237. The van der Waals surface area contributed by atoms with E-state index in [4.69, 9.17) is 0 Å². The standard InChI is InChI=1S/C17H24N4OS/c1-6-21-14(13-10-8-7-9-11-13)19-20-16(21)23-12(2)15(22)18-17(3,4)5/h7-12H,6H2,1-5H3,(H,18,22)/t12-/m1/s1. The van der Waals surface area contributed by atoms with Crippen molar-refractivity contribution in [2.75, 3.05) is 0 Å². The van der Waals surface area contributed by atoms with Gasteiger partial charge in [0.25, 0.3) is 0 Å². The molecule has 5 nitrogen and oxygen atoms in total. The predicted molar refractivity (Wildman–Crippen MR) is 94.3 cm³/mol. The van der Waals surface area contributed by atoms with E-state index in [1.54, 1.807) is 0 Å². The SMILES string of the molecule is CCn1c(S[C@H](C)C(=O)NC(C)(C)C)nnc1-c1ccccc1. The molecule has 1 amide bonds. The van der Waals surface area contributed by atoms with Gasteiger partial charge in [0.15, 0.2) is 11.0 Å². The maximum atomic E-state index is 12.3. The molecule has 0 fully saturated rings. The molecule has 0 bridgehead atoms. The molecule has 1 aromatic heterocycles. The summed E-state index contributed by atoms with van der Waals surface area (Å²) in [4.78, 5) is 12.3. The first-order valence-corrected chi connectivity index (χ1v) is 8.67. The predicted octanol–water partition coefficient (Wildman–Crippen LogP) is 3.36. The number of carbonyl (C=O) groups is 1. The Morgan fingerprint density at radius 2 is 1.91 bits per heavy atom. The molecule has 124 valence electrons. The fourth-order valence-electron chi connectivity index (χ4n) is 2.14. The number of rotatable bonds is 5. The fraction of sp³-hybridized carbons (Fsp3) is 0.471. The van der Waals surface area contributed by atoms with E-state index in [0.29, 0.717) is 0 Å². The summed E-state index contributed by atoms with van der Waals surface area (Å²) >= 11 is 1.44. The van der Waals surface area contributed by atoms with Crippen LogP contribution in [0, 0.1) is 0 Å². The number of benzene rings is 1. The first-order chi connectivity index (χ1) is 10.8. The van der Waals surface area contributed by atoms with Crippen LogP contribution >= 0.6 is 11.8 Å². The molecular weight excluding hydrogens is 308 g/mol. The van der Waals surface area contributed by atoms with Crippen LogP contribution in [0.4, 0.5) is 0 Å². The lowest BCUT2D eigenvalue weighted by Crippen LogP contribution is -2.44. The Morgan fingerprint density at radius 1 is 1.26 bits per heavy atom.